The summed E-state index contributed by atoms with van der Waals surface area (Å²) in [5.74, 6) is 1.03. The lowest BCUT2D eigenvalue weighted by Gasteiger charge is -2.43. The van der Waals surface area contributed by atoms with E-state index in [2.05, 4.69) is 22.0 Å². The zero-order valence-corrected chi connectivity index (χ0v) is 20.5. The lowest BCUT2D eigenvalue weighted by molar-refractivity contribution is -0.147. The number of para-hydroxylation sites is 1. The maximum Gasteiger partial charge on any atom is 0.229 e. The Morgan fingerprint density at radius 3 is 2.56 bits per heavy atom. The maximum absolute atomic E-state index is 13.4. The monoisotopic (exact) mass is 465 g/mol. The van der Waals surface area contributed by atoms with Gasteiger partial charge >= 0.3 is 0 Å². The van der Waals surface area contributed by atoms with Gasteiger partial charge in [0.05, 0.1) is 26.2 Å². The number of H-pyrrole nitrogens is 1. The third-order valence-electron chi connectivity index (χ3n) is 6.96. The van der Waals surface area contributed by atoms with Gasteiger partial charge in [0.1, 0.15) is 11.5 Å². The average molecular weight is 466 g/mol. The van der Waals surface area contributed by atoms with Crippen LogP contribution in [0.1, 0.15) is 24.5 Å². The van der Waals surface area contributed by atoms with Gasteiger partial charge in [-0.2, -0.15) is 0 Å². The van der Waals surface area contributed by atoms with Crippen molar-refractivity contribution in [2.45, 2.75) is 38.5 Å². The number of likely N-dealkylation sites (tertiary alicyclic amines) is 1. The van der Waals surface area contributed by atoms with Gasteiger partial charge in [-0.15, -0.1) is 0 Å². The van der Waals surface area contributed by atoms with Crippen LogP contribution in [0.25, 0.3) is 10.9 Å². The summed E-state index contributed by atoms with van der Waals surface area (Å²) in [6.07, 6.45) is 2.90. The second kappa shape index (κ2) is 10.5. The summed E-state index contributed by atoms with van der Waals surface area (Å²) < 4.78 is 10.8. The van der Waals surface area contributed by atoms with Crippen molar-refractivity contribution in [3.8, 4) is 11.5 Å². The molecule has 2 heterocycles. The van der Waals surface area contributed by atoms with Gasteiger partial charge in [-0.05, 0) is 56.1 Å². The number of amides is 1. The van der Waals surface area contributed by atoms with E-state index in [9.17, 15) is 9.90 Å². The van der Waals surface area contributed by atoms with Crippen molar-refractivity contribution in [3.05, 3.63) is 59.8 Å². The molecule has 7 nitrogen and oxygen atoms in total. The molecule has 0 saturated carbocycles. The van der Waals surface area contributed by atoms with E-state index in [-0.39, 0.29) is 11.9 Å². The average Bonchev–Trinajstić information content (AvgIpc) is 3.25. The number of ether oxygens (including phenoxy) is 2. The van der Waals surface area contributed by atoms with Gasteiger partial charge in [-0.3, -0.25) is 9.69 Å². The number of carbonyl (C=O) groups excluding carboxylic acids is 1. The van der Waals surface area contributed by atoms with Gasteiger partial charge in [0.25, 0.3) is 0 Å². The van der Waals surface area contributed by atoms with E-state index in [1.54, 1.807) is 21.1 Å². The number of rotatable bonds is 9. The Morgan fingerprint density at radius 2 is 1.88 bits per heavy atom. The van der Waals surface area contributed by atoms with E-state index < -0.39 is 12.0 Å². The zero-order valence-electron chi connectivity index (χ0n) is 20.5. The van der Waals surface area contributed by atoms with Crippen LogP contribution in [-0.2, 0) is 17.8 Å². The first-order valence-electron chi connectivity index (χ1n) is 11.8. The molecule has 4 rings (SSSR count). The molecule has 1 aliphatic heterocycles. The van der Waals surface area contributed by atoms with Crippen molar-refractivity contribution in [2.75, 3.05) is 34.4 Å². The Kier molecular flexibility index (Phi) is 7.44. The number of hydrogen-bond acceptors (Lipinski definition) is 5. The van der Waals surface area contributed by atoms with Gasteiger partial charge in [0.15, 0.2) is 0 Å². The number of aliphatic hydroxyl groups is 1. The largest absolute Gasteiger partial charge is 0.497 e. The van der Waals surface area contributed by atoms with Crippen LogP contribution in [0.4, 0.5) is 0 Å². The summed E-state index contributed by atoms with van der Waals surface area (Å²) in [7, 11) is 5.29. The fraction of sp³-hybridized carbons (Fsp3) is 0.444. The first kappa shape index (κ1) is 24.1. The predicted molar refractivity (Wildman–Crippen MR) is 133 cm³/mol. The molecule has 0 spiro atoms. The molecule has 3 aromatic rings. The second-order valence-electron chi connectivity index (χ2n) is 9.19. The minimum Gasteiger partial charge on any atom is -0.497 e. The Labute approximate surface area is 201 Å². The van der Waals surface area contributed by atoms with Crippen molar-refractivity contribution >= 4 is 16.8 Å². The number of piperidine rings is 1. The molecule has 1 amide bonds. The summed E-state index contributed by atoms with van der Waals surface area (Å²) in [5.41, 5.74) is 3.36. The van der Waals surface area contributed by atoms with Crippen LogP contribution in [0, 0.1) is 5.92 Å². The highest BCUT2D eigenvalue weighted by molar-refractivity contribution is 5.83. The molecule has 34 heavy (non-hydrogen) atoms. The molecule has 1 saturated heterocycles. The van der Waals surface area contributed by atoms with Crippen molar-refractivity contribution in [1.82, 2.24) is 14.8 Å². The Morgan fingerprint density at radius 1 is 1.18 bits per heavy atom. The van der Waals surface area contributed by atoms with E-state index >= 15 is 0 Å². The smallest absolute Gasteiger partial charge is 0.229 e. The number of methoxy groups -OCH3 is 2. The summed E-state index contributed by atoms with van der Waals surface area (Å²) >= 11 is 0. The van der Waals surface area contributed by atoms with Crippen LogP contribution in [0.5, 0.6) is 11.5 Å². The molecule has 2 N–H and O–H groups in total. The summed E-state index contributed by atoms with van der Waals surface area (Å²) in [5, 5.41) is 11.8. The summed E-state index contributed by atoms with van der Waals surface area (Å²) in [6, 6.07) is 14.0. The normalized spacial score (nSPS) is 19.6. The minimum atomic E-state index is -0.726. The van der Waals surface area contributed by atoms with Crippen LogP contribution in [-0.4, -0.2) is 72.3 Å². The fourth-order valence-corrected chi connectivity index (χ4v) is 5.15. The quantitative estimate of drug-likeness (QED) is 0.506. The van der Waals surface area contributed by atoms with Crippen molar-refractivity contribution in [3.63, 3.8) is 0 Å². The Balaban J connectivity index is 1.44. The molecule has 182 valence electrons. The molecular weight excluding hydrogens is 430 g/mol. The topological polar surface area (TPSA) is 78.0 Å². The van der Waals surface area contributed by atoms with Crippen molar-refractivity contribution in [2.24, 2.45) is 5.92 Å². The molecule has 1 aliphatic rings. The third-order valence-corrected chi connectivity index (χ3v) is 6.96. The Hall–Kier alpha value is -3.03. The third kappa shape index (κ3) is 5.05. The number of aromatic amines is 1. The molecule has 1 fully saturated rings. The van der Waals surface area contributed by atoms with Gasteiger partial charge in [-0.1, -0.05) is 18.2 Å². The number of nitrogens with one attached hydrogen (secondary N) is 1. The van der Waals surface area contributed by atoms with Crippen molar-refractivity contribution in [1.29, 1.82) is 0 Å². The minimum absolute atomic E-state index is 0.0289. The summed E-state index contributed by atoms with van der Waals surface area (Å²) in [6.45, 7) is 3.68. The number of carbonyl (C=O) groups is 1. The molecule has 2 aromatic carbocycles. The SMILES string of the molecule is COc1cc(CN(C)[C@H]2CCN(CCc3c[nH]c4ccccc34)C(=O)C2C(C)O)cc(OC)c1. The van der Waals surface area contributed by atoms with Gasteiger partial charge < -0.3 is 24.5 Å². The zero-order chi connectivity index (χ0) is 24.2. The molecule has 1 aromatic heterocycles. The van der Waals surface area contributed by atoms with E-state index in [0.717, 1.165) is 35.4 Å². The summed E-state index contributed by atoms with van der Waals surface area (Å²) in [4.78, 5) is 20.8. The molecule has 0 aliphatic carbocycles. The highest BCUT2D eigenvalue weighted by Crippen LogP contribution is 2.29. The van der Waals surface area contributed by atoms with Gasteiger partial charge in [0, 0.05) is 48.8 Å². The number of nitrogens with zero attached hydrogens (tertiary/aromatic N) is 2. The first-order valence-corrected chi connectivity index (χ1v) is 11.8. The highest BCUT2D eigenvalue weighted by Gasteiger charge is 2.41. The highest BCUT2D eigenvalue weighted by atomic mass is 16.5. The van der Waals surface area contributed by atoms with E-state index in [1.165, 1.54) is 10.9 Å². The van der Waals surface area contributed by atoms with Crippen LogP contribution in [0.3, 0.4) is 0 Å². The molecule has 7 heteroatoms. The molecule has 2 unspecified atom stereocenters. The molecule has 0 bridgehead atoms. The maximum atomic E-state index is 13.4. The number of aromatic nitrogens is 1. The number of hydrogen-bond donors (Lipinski definition) is 2. The predicted octanol–water partition coefficient (Wildman–Crippen LogP) is 3.46. The van der Waals surface area contributed by atoms with Gasteiger partial charge in [-0.25, -0.2) is 0 Å². The molecule has 3 atom stereocenters. The molecular formula is C27H35N3O4. The van der Waals surface area contributed by atoms with Crippen LogP contribution in [0.15, 0.2) is 48.7 Å². The molecule has 0 radical (unpaired) electrons. The van der Waals surface area contributed by atoms with E-state index in [0.29, 0.717) is 19.6 Å². The second-order valence-corrected chi connectivity index (χ2v) is 9.19. The standard InChI is InChI=1S/C27H35N3O4/c1-18(31)26-25(29(2)17-19-13-21(33-3)15-22(14-19)34-4)10-12-30(27(26)32)11-9-20-16-28-24-8-6-5-7-23(20)24/h5-8,13-16,18,25-26,28,31H,9-12,17H2,1-4H3/t18?,25-,26?/m0/s1. The van der Waals surface area contributed by atoms with Crippen LogP contribution < -0.4 is 9.47 Å². The lowest BCUT2D eigenvalue weighted by atomic mass is 9.85. The first-order chi connectivity index (χ1) is 16.4. The van der Waals surface area contributed by atoms with E-state index in [4.69, 9.17) is 9.47 Å². The number of benzene rings is 2. The number of fused-ring (bicyclic) bond motifs is 1. The van der Waals surface area contributed by atoms with Gasteiger partial charge in [0.2, 0.25) is 5.91 Å². The van der Waals surface area contributed by atoms with Crippen LogP contribution >= 0.6 is 0 Å². The Bertz CT molecular complexity index is 1100. The number of aliphatic hydroxyl groups excluding tert-OH is 1. The van der Waals surface area contributed by atoms with Crippen molar-refractivity contribution < 1.29 is 19.4 Å². The lowest BCUT2D eigenvalue weighted by Crippen LogP contribution is -2.56. The fourth-order valence-electron chi connectivity index (χ4n) is 5.15. The van der Waals surface area contributed by atoms with Crippen LogP contribution in [0.2, 0.25) is 0 Å². The van der Waals surface area contributed by atoms with E-state index in [1.807, 2.05) is 48.5 Å².